The fourth-order valence-electron chi connectivity index (χ4n) is 3.82. The van der Waals surface area contributed by atoms with Gasteiger partial charge < -0.3 is 9.30 Å². The molecule has 0 spiro atoms. The molecule has 0 aliphatic rings. The van der Waals surface area contributed by atoms with Gasteiger partial charge in [-0.25, -0.2) is 0 Å². The zero-order chi connectivity index (χ0) is 17.8. The number of hydrogen-bond acceptors (Lipinski definition) is 2. The van der Waals surface area contributed by atoms with Crippen LogP contribution in [0.1, 0.15) is 26.3 Å². The molecule has 0 bridgehead atoms. The fourth-order valence-corrected chi connectivity index (χ4v) is 3.82. The number of nitrogens with zero attached hydrogens (tertiary/aromatic N) is 2. The Hall–Kier alpha value is -2.55. The summed E-state index contributed by atoms with van der Waals surface area (Å²) in [4.78, 5) is 4.31. The van der Waals surface area contributed by atoms with Crippen molar-refractivity contribution in [1.82, 2.24) is 9.55 Å². The average molecular weight is 332 g/mol. The Morgan fingerprint density at radius 3 is 2.56 bits per heavy atom. The Kier molecular flexibility index (Phi) is 3.50. The van der Waals surface area contributed by atoms with E-state index in [0.717, 1.165) is 12.3 Å². The van der Waals surface area contributed by atoms with Gasteiger partial charge in [0.2, 0.25) is 0 Å². The van der Waals surface area contributed by atoms with Crippen molar-refractivity contribution in [2.45, 2.75) is 34.2 Å². The number of hydrogen-bond donors (Lipinski definition) is 0. The molecule has 0 aliphatic carbocycles. The minimum atomic E-state index is 0.193. The summed E-state index contributed by atoms with van der Waals surface area (Å²) in [5.74, 6) is 0.895. The maximum atomic E-state index is 5.48. The van der Waals surface area contributed by atoms with E-state index >= 15 is 0 Å². The first-order valence-electron chi connectivity index (χ1n) is 8.72. The van der Waals surface area contributed by atoms with Gasteiger partial charge in [-0.1, -0.05) is 20.8 Å². The van der Waals surface area contributed by atoms with Crippen LogP contribution >= 0.6 is 0 Å². The van der Waals surface area contributed by atoms with Crippen molar-refractivity contribution in [2.75, 3.05) is 7.11 Å². The second-order valence-electron chi connectivity index (χ2n) is 8.02. The van der Waals surface area contributed by atoms with E-state index in [-0.39, 0.29) is 5.41 Å². The predicted molar refractivity (Wildman–Crippen MR) is 105 cm³/mol. The third kappa shape index (κ3) is 2.55. The molecule has 0 atom stereocenters. The van der Waals surface area contributed by atoms with E-state index in [1.165, 1.54) is 38.1 Å². The Labute approximate surface area is 148 Å². The predicted octanol–water partition coefficient (Wildman–Crippen LogP) is 5.71. The smallest absolute Gasteiger partial charge is 0.119 e. The van der Waals surface area contributed by atoms with Crippen molar-refractivity contribution in [2.24, 2.45) is 5.41 Å². The van der Waals surface area contributed by atoms with Gasteiger partial charge in [-0.15, -0.1) is 0 Å². The fraction of sp³-hybridized carbons (Fsp3) is 0.318. The van der Waals surface area contributed by atoms with Crippen LogP contribution in [0.5, 0.6) is 5.75 Å². The van der Waals surface area contributed by atoms with Crippen LogP contribution in [0.3, 0.4) is 0 Å². The number of ether oxygens (including phenoxy) is 1. The molecule has 2 heterocycles. The van der Waals surface area contributed by atoms with Crippen LogP contribution in [0.25, 0.3) is 32.6 Å². The number of rotatable bonds is 2. The molecule has 4 rings (SSSR count). The highest BCUT2D eigenvalue weighted by molar-refractivity contribution is 6.14. The maximum absolute atomic E-state index is 5.48. The van der Waals surface area contributed by atoms with Gasteiger partial charge in [-0.3, -0.25) is 4.98 Å². The lowest BCUT2D eigenvalue weighted by Gasteiger charge is -2.21. The molecule has 3 nitrogen and oxygen atoms in total. The van der Waals surface area contributed by atoms with Crippen molar-refractivity contribution in [1.29, 1.82) is 0 Å². The van der Waals surface area contributed by atoms with E-state index in [9.17, 15) is 0 Å². The van der Waals surface area contributed by atoms with Crippen LogP contribution in [-0.2, 0) is 6.54 Å². The van der Waals surface area contributed by atoms with E-state index in [2.05, 4.69) is 67.6 Å². The minimum absolute atomic E-state index is 0.193. The molecule has 3 heteroatoms. The van der Waals surface area contributed by atoms with Crippen molar-refractivity contribution in [3.63, 3.8) is 0 Å². The number of fused-ring (bicyclic) bond motifs is 4. The third-order valence-electron chi connectivity index (χ3n) is 4.85. The molecule has 0 saturated carbocycles. The van der Waals surface area contributed by atoms with Crippen molar-refractivity contribution in [3.05, 3.63) is 48.3 Å². The van der Waals surface area contributed by atoms with Gasteiger partial charge >= 0.3 is 0 Å². The molecule has 0 amide bonds. The molecule has 0 saturated heterocycles. The van der Waals surface area contributed by atoms with E-state index in [0.29, 0.717) is 0 Å². The van der Waals surface area contributed by atoms with Gasteiger partial charge in [0.1, 0.15) is 5.75 Å². The molecule has 0 unspecified atom stereocenters. The Morgan fingerprint density at radius 1 is 1.04 bits per heavy atom. The van der Waals surface area contributed by atoms with Gasteiger partial charge in [0, 0.05) is 40.6 Å². The van der Waals surface area contributed by atoms with E-state index in [1.54, 1.807) is 7.11 Å². The summed E-state index contributed by atoms with van der Waals surface area (Å²) >= 11 is 0. The SMILES string of the molecule is COc1ccc2c(c1)c1cc3cnccc3c(C)c1n2CC(C)(C)C. The van der Waals surface area contributed by atoms with Gasteiger partial charge in [-0.2, -0.15) is 0 Å². The largest absolute Gasteiger partial charge is 0.497 e. The zero-order valence-corrected chi connectivity index (χ0v) is 15.6. The number of benzene rings is 2. The van der Waals surface area contributed by atoms with Gasteiger partial charge in [0.05, 0.1) is 12.6 Å². The standard InChI is InChI=1S/C22H24N2O/c1-14-17-8-9-23-12-15(17)10-19-18-11-16(25-5)6-7-20(18)24(21(14)19)13-22(2,3)4/h6-12H,13H2,1-5H3. The normalized spacial score (nSPS) is 12.4. The van der Waals surface area contributed by atoms with Gasteiger partial charge in [-0.05, 0) is 53.6 Å². The summed E-state index contributed by atoms with van der Waals surface area (Å²) in [5.41, 5.74) is 4.08. The van der Waals surface area contributed by atoms with Crippen LogP contribution < -0.4 is 4.74 Å². The summed E-state index contributed by atoms with van der Waals surface area (Å²) in [6.45, 7) is 10.0. The van der Waals surface area contributed by atoms with Crippen LogP contribution in [0, 0.1) is 12.3 Å². The maximum Gasteiger partial charge on any atom is 0.119 e. The van der Waals surface area contributed by atoms with E-state index in [1.807, 2.05) is 12.4 Å². The van der Waals surface area contributed by atoms with Crippen LogP contribution in [-0.4, -0.2) is 16.7 Å². The summed E-state index contributed by atoms with van der Waals surface area (Å²) < 4.78 is 7.95. The van der Waals surface area contributed by atoms with Crippen LogP contribution in [0.15, 0.2) is 42.7 Å². The number of methoxy groups -OCH3 is 1. The molecule has 0 N–H and O–H groups in total. The lowest BCUT2D eigenvalue weighted by atomic mass is 9.96. The lowest BCUT2D eigenvalue weighted by Crippen LogP contribution is -2.15. The Morgan fingerprint density at radius 2 is 1.84 bits per heavy atom. The second kappa shape index (κ2) is 5.48. The van der Waals surface area contributed by atoms with Crippen molar-refractivity contribution >= 4 is 32.6 Å². The molecule has 0 fully saturated rings. The molecule has 4 aromatic rings. The number of aryl methyl sites for hydroxylation is 1. The average Bonchev–Trinajstić information content (AvgIpc) is 2.87. The monoisotopic (exact) mass is 332 g/mol. The van der Waals surface area contributed by atoms with E-state index < -0.39 is 0 Å². The van der Waals surface area contributed by atoms with Crippen molar-refractivity contribution in [3.8, 4) is 5.75 Å². The topological polar surface area (TPSA) is 27.1 Å². The summed E-state index contributed by atoms with van der Waals surface area (Å²) in [5, 5.41) is 4.97. The summed E-state index contributed by atoms with van der Waals surface area (Å²) in [6.07, 6.45) is 3.83. The van der Waals surface area contributed by atoms with Gasteiger partial charge in [0.25, 0.3) is 0 Å². The quantitative estimate of drug-likeness (QED) is 0.470. The molecule has 128 valence electrons. The number of aromatic nitrogens is 2. The van der Waals surface area contributed by atoms with Crippen molar-refractivity contribution < 1.29 is 4.74 Å². The first-order valence-corrected chi connectivity index (χ1v) is 8.72. The highest BCUT2D eigenvalue weighted by Crippen LogP contribution is 2.38. The Bertz CT molecular complexity index is 1100. The molecular formula is C22H24N2O. The molecule has 25 heavy (non-hydrogen) atoms. The van der Waals surface area contributed by atoms with Gasteiger partial charge in [0.15, 0.2) is 0 Å². The summed E-state index contributed by atoms with van der Waals surface area (Å²) in [7, 11) is 1.72. The first kappa shape index (κ1) is 15.9. The van der Waals surface area contributed by atoms with Crippen LogP contribution in [0.4, 0.5) is 0 Å². The molecule has 0 aliphatic heterocycles. The Balaban J connectivity index is 2.20. The van der Waals surface area contributed by atoms with E-state index in [4.69, 9.17) is 4.74 Å². The molecule has 2 aromatic heterocycles. The molecule has 2 aromatic carbocycles. The lowest BCUT2D eigenvalue weighted by molar-refractivity contribution is 0.354. The highest BCUT2D eigenvalue weighted by atomic mass is 16.5. The zero-order valence-electron chi connectivity index (χ0n) is 15.6. The third-order valence-corrected chi connectivity index (χ3v) is 4.85. The first-order chi connectivity index (χ1) is 11.9. The second-order valence-corrected chi connectivity index (χ2v) is 8.02. The highest BCUT2D eigenvalue weighted by Gasteiger charge is 2.20. The number of pyridine rings is 1. The summed E-state index contributed by atoms with van der Waals surface area (Å²) in [6, 6.07) is 10.8. The molecular weight excluding hydrogens is 308 g/mol. The minimum Gasteiger partial charge on any atom is -0.497 e. The molecule has 0 radical (unpaired) electrons. The van der Waals surface area contributed by atoms with Crippen LogP contribution in [0.2, 0.25) is 0 Å².